The van der Waals surface area contributed by atoms with E-state index in [0.29, 0.717) is 11.0 Å². The van der Waals surface area contributed by atoms with Gasteiger partial charge in [0.15, 0.2) is 0 Å². The van der Waals surface area contributed by atoms with Gasteiger partial charge in [0.05, 0.1) is 0 Å². The Kier molecular flexibility index (Phi) is 5.33. The van der Waals surface area contributed by atoms with Crippen molar-refractivity contribution in [3.05, 3.63) is 42.0 Å². The molecule has 3 heteroatoms. The predicted molar refractivity (Wildman–Crippen MR) is 67.5 cm³/mol. The van der Waals surface area contributed by atoms with Gasteiger partial charge >= 0.3 is 0 Å². The Labute approximate surface area is 94.2 Å². The van der Waals surface area contributed by atoms with Crippen LogP contribution in [-0.4, -0.2) is 17.2 Å². The fourth-order valence-corrected chi connectivity index (χ4v) is 1.18. The van der Waals surface area contributed by atoms with Crippen molar-refractivity contribution < 1.29 is 4.74 Å². The summed E-state index contributed by atoms with van der Waals surface area (Å²) in [6, 6.07) is 10.1. The molecule has 0 spiro atoms. The van der Waals surface area contributed by atoms with E-state index in [4.69, 9.17) is 17.0 Å². The summed E-state index contributed by atoms with van der Waals surface area (Å²) in [5, 5.41) is 0. The largest absolute Gasteiger partial charge is 0.474 e. The van der Waals surface area contributed by atoms with Crippen molar-refractivity contribution in [3.63, 3.8) is 0 Å². The molecule has 0 saturated heterocycles. The Hall–Kier alpha value is -0.800. The maximum atomic E-state index is 5.22. The molecule has 0 aliphatic rings. The van der Waals surface area contributed by atoms with Crippen molar-refractivity contribution in [1.82, 2.24) is 0 Å². The van der Waals surface area contributed by atoms with Gasteiger partial charge in [0, 0.05) is 0 Å². The Morgan fingerprint density at radius 3 is 2.79 bits per heavy atom. The van der Waals surface area contributed by atoms with Crippen LogP contribution >= 0.6 is 24.0 Å². The molecular weight excluding hydrogens is 212 g/mol. The average molecular weight is 224 g/mol. The zero-order chi connectivity index (χ0) is 10.2. The Morgan fingerprint density at radius 1 is 1.43 bits per heavy atom. The molecule has 1 aromatic rings. The molecule has 0 aliphatic heterocycles. The topological polar surface area (TPSA) is 9.23 Å². The van der Waals surface area contributed by atoms with Crippen molar-refractivity contribution >= 4 is 34.4 Å². The molecule has 0 aromatic heterocycles. The molecule has 0 heterocycles. The van der Waals surface area contributed by atoms with Gasteiger partial charge in [0.2, 0.25) is 4.38 Å². The van der Waals surface area contributed by atoms with Crippen molar-refractivity contribution in [2.75, 3.05) is 12.9 Å². The summed E-state index contributed by atoms with van der Waals surface area (Å²) in [6.07, 6.45) is 5.88. The van der Waals surface area contributed by atoms with Gasteiger partial charge in [-0.2, -0.15) is 0 Å². The summed E-state index contributed by atoms with van der Waals surface area (Å²) in [5.74, 6) is 0. The Bertz CT molecular complexity index is 306. The van der Waals surface area contributed by atoms with Crippen molar-refractivity contribution in [1.29, 1.82) is 0 Å². The minimum Gasteiger partial charge on any atom is -0.474 e. The van der Waals surface area contributed by atoms with Crippen LogP contribution in [-0.2, 0) is 4.74 Å². The van der Waals surface area contributed by atoms with E-state index in [1.807, 2.05) is 48.7 Å². The van der Waals surface area contributed by atoms with Crippen LogP contribution in [0.4, 0.5) is 0 Å². The molecule has 0 aliphatic carbocycles. The molecule has 0 saturated carbocycles. The molecule has 0 N–H and O–H groups in total. The van der Waals surface area contributed by atoms with E-state index in [2.05, 4.69) is 0 Å². The zero-order valence-electron chi connectivity index (χ0n) is 7.97. The van der Waals surface area contributed by atoms with E-state index in [1.54, 1.807) is 0 Å². The quantitative estimate of drug-likeness (QED) is 0.729. The molecule has 14 heavy (non-hydrogen) atoms. The molecule has 0 unspecified atom stereocenters. The SMILES string of the molecule is CSC(=S)OC/C=C/c1ccccc1. The lowest BCUT2D eigenvalue weighted by atomic mass is 10.2. The minimum atomic E-state index is 0.536. The number of ether oxygens (including phenoxy) is 1. The normalized spacial score (nSPS) is 10.4. The van der Waals surface area contributed by atoms with Crippen LogP contribution in [0, 0.1) is 0 Å². The molecule has 0 bridgehead atoms. The van der Waals surface area contributed by atoms with Crippen LogP contribution in [0.25, 0.3) is 6.08 Å². The van der Waals surface area contributed by atoms with Crippen LogP contribution in [0.2, 0.25) is 0 Å². The lowest BCUT2D eigenvalue weighted by molar-refractivity contribution is 0.371. The lowest BCUT2D eigenvalue weighted by Gasteiger charge is -1.99. The minimum absolute atomic E-state index is 0.536. The average Bonchev–Trinajstić information content (AvgIpc) is 2.25. The van der Waals surface area contributed by atoms with Crippen LogP contribution in [0.3, 0.4) is 0 Å². The van der Waals surface area contributed by atoms with Gasteiger partial charge in [0.1, 0.15) is 6.61 Å². The van der Waals surface area contributed by atoms with E-state index in [9.17, 15) is 0 Å². The number of rotatable bonds is 3. The smallest absolute Gasteiger partial charge is 0.220 e. The maximum Gasteiger partial charge on any atom is 0.220 e. The second kappa shape index (κ2) is 6.62. The highest BCUT2D eigenvalue weighted by Crippen LogP contribution is 2.02. The number of thioether (sulfide) groups is 1. The van der Waals surface area contributed by atoms with Crippen LogP contribution in [0.1, 0.15) is 5.56 Å². The van der Waals surface area contributed by atoms with Gasteiger partial charge in [-0.15, -0.1) is 0 Å². The summed E-state index contributed by atoms with van der Waals surface area (Å²) in [6.45, 7) is 0.536. The molecule has 0 radical (unpaired) electrons. The van der Waals surface area contributed by atoms with Gasteiger partial charge in [-0.05, 0) is 30.1 Å². The number of hydrogen-bond acceptors (Lipinski definition) is 3. The molecular formula is C11H12OS2. The van der Waals surface area contributed by atoms with Gasteiger partial charge < -0.3 is 4.74 Å². The highest BCUT2D eigenvalue weighted by atomic mass is 32.2. The Balaban J connectivity index is 2.31. The van der Waals surface area contributed by atoms with Gasteiger partial charge in [-0.1, -0.05) is 48.2 Å². The number of hydrogen-bond donors (Lipinski definition) is 0. The molecule has 0 amide bonds. The van der Waals surface area contributed by atoms with Crippen molar-refractivity contribution in [2.24, 2.45) is 0 Å². The second-order valence-electron chi connectivity index (χ2n) is 2.58. The monoisotopic (exact) mass is 224 g/mol. The predicted octanol–water partition coefficient (Wildman–Crippen LogP) is 3.36. The molecule has 0 fully saturated rings. The van der Waals surface area contributed by atoms with E-state index in [-0.39, 0.29) is 0 Å². The third-order valence-corrected chi connectivity index (χ3v) is 2.64. The number of thiocarbonyl (C=S) groups is 1. The van der Waals surface area contributed by atoms with Gasteiger partial charge in [-0.3, -0.25) is 0 Å². The summed E-state index contributed by atoms with van der Waals surface area (Å²) in [4.78, 5) is 0. The summed E-state index contributed by atoms with van der Waals surface area (Å²) in [5.41, 5.74) is 1.17. The van der Waals surface area contributed by atoms with Crippen LogP contribution in [0.5, 0.6) is 0 Å². The van der Waals surface area contributed by atoms with E-state index < -0.39 is 0 Å². The van der Waals surface area contributed by atoms with E-state index in [0.717, 1.165) is 0 Å². The third kappa shape index (κ3) is 4.44. The molecule has 1 aromatic carbocycles. The highest BCUT2D eigenvalue weighted by Gasteiger charge is 1.89. The Morgan fingerprint density at radius 2 is 2.14 bits per heavy atom. The fraction of sp³-hybridized carbons (Fsp3) is 0.182. The van der Waals surface area contributed by atoms with E-state index >= 15 is 0 Å². The zero-order valence-corrected chi connectivity index (χ0v) is 9.61. The molecule has 1 nitrogen and oxygen atoms in total. The molecule has 74 valence electrons. The standard InChI is InChI=1S/C11H12OS2/c1-14-11(13)12-9-5-8-10-6-3-2-4-7-10/h2-8H,9H2,1H3/b8-5+. The summed E-state index contributed by atoms with van der Waals surface area (Å²) >= 11 is 6.34. The second-order valence-corrected chi connectivity index (χ2v) is 3.99. The first-order chi connectivity index (χ1) is 6.83. The maximum absolute atomic E-state index is 5.22. The van der Waals surface area contributed by atoms with Gasteiger partial charge in [0.25, 0.3) is 0 Å². The first-order valence-corrected chi connectivity index (χ1v) is 5.88. The molecule has 1 rings (SSSR count). The first-order valence-electron chi connectivity index (χ1n) is 4.25. The summed E-state index contributed by atoms with van der Waals surface area (Å²) < 4.78 is 5.81. The lowest BCUT2D eigenvalue weighted by Crippen LogP contribution is -1.94. The molecule has 0 atom stereocenters. The number of benzene rings is 1. The van der Waals surface area contributed by atoms with E-state index in [1.165, 1.54) is 17.3 Å². The van der Waals surface area contributed by atoms with Gasteiger partial charge in [-0.25, -0.2) is 0 Å². The highest BCUT2D eigenvalue weighted by molar-refractivity contribution is 8.22. The first kappa shape index (κ1) is 11.3. The van der Waals surface area contributed by atoms with Crippen LogP contribution < -0.4 is 0 Å². The summed E-state index contributed by atoms with van der Waals surface area (Å²) in [7, 11) is 0. The van der Waals surface area contributed by atoms with Crippen LogP contribution in [0.15, 0.2) is 36.4 Å². The van der Waals surface area contributed by atoms with Crippen molar-refractivity contribution in [2.45, 2.75) is 0 Å². The third-order valence-electron chi connectivity index (χ3n) is 1.57. The van der Waals surface area contributed by atoms with Crippen molar-refractivity contribution in [3.8, 4) is 0 Å². The fourth-order valence-electron chi connectivity index (χ4n) is 0.923.